The molecule has 6 heteroatoms. The lowest BCUT2D eigenvalue weighted by Crippen LogP contribution is -2.35. The van der Waals surface area contributed by atoms with Gasteiger partial charge in [0.25, 0.3) is 5.91 Å². The predicted molar refractivity (Wildman–Crippen MR) is 79.1 cm³/mol. The number of pyridine rings is 1. The summed E-state index contributed by atoms with van der Waals surface area (Å²) < 4.78 is 0. The Labute approximate surface area is 128 Å². The first kappa shape index (κ1) is 15.5. The fraction of sp³-hybridized carbons (Fsp3) is 0.571. The zero-order valence-corrected chi connectivity index (χ0v) is 12.6. The van der Waals surface area contributed by atoms with Gasteiger partial charge >= 0.3 is 0 Å². The maximum Gasteiger partial charge on any atom is 0.252 e. The van der Waals surface area contributed by atoms with Crippen LogP contribution in [0, 0.1) is 11.8 Å². The monoisotopic (exact) mass is 316 g/mol. The van der Waals surface area contributed by atoms with Crippen LogP contribution in [0.2, 0.25) is 10.2 Å². The lowest BCUT2D eigenvalue weighted by molar-refractivity contribution is 0.0909. The SMILES string of the molecule is O=C(NCC1CCCCC1CO)c1cnc(Cl)c(Cl)c1. The van der Waals surface area contributed by atoms with Gasteiger partial charge in [-0.15, -0.1) is 0 Å². The second-order valence-electron chi connectivity index (χ2n) is 5.19. The Balaban J connectivity index is 1.92. The van der Waals surface area contributed by atoms with E-state index >= 15 is 0 Å². The van der Waals surface area contributed by atoms with Crippen molar-refractivity contribution in [2.24, 2.45) is 11.8 Å². The second-order valence-corrected chi connectivity index (χ2v) is 5.96. The Bertz CT molecular complexity index is 482. The first-order valence-electron chi connectivity index (χ1n) is 6.82. The normalized spacial score (nSPS) is 22.6. The van der Waals surface area contributed by atoms with Crippen LogP contribution >= 0.6 is 23.2 Å². The molecule has 4 nitrogen and oxygen atoms in total. The molecule has 0 aliphatic heterocycles. The second kappa shape index (κ2) is 7.25. The number of aliphatic hydroxyl groups excluding tert-OH is 1. The molecule has 1 aliphatic rings. The number of aliphatic hydroxyl groups is 1. The Morgan fingerprint density at radius 3 is 2.70 bits per heavy atom. The van der Waals surface area contributed by atoms with Crippen molar-refractivity contribution in [3.05, 3.63) is 28.0 Å². The van der Waals surface area contributed by atoms with Crippen molar-refractivity contribution in [3.8, 4) is 0 Å². The van der Waals surface area contributed by atoms with Gasteiger partial charge in [-0.05, 0) is 30.7 Å². The van der Waals surface area contributed by atoms with Crippen molar-refractivity contribution >= 4 is 29.1 Å². The molecule has 1 aromatic heterocycles. The topological polar surface area (TPSA) is 62.2 Å². The molecule has 2 N–H and O–H groups in total. The van der Waals surface area contributed by atoms with Crippen molar-refractivity contribution in [3.63, 3.8) is 0 Å². The van der Waals surface area contributed by atoms with E-state index in [-0.39, 0.29) is 28.6 Å². The van der Waals surface area contributed by atoms with E-state index in [1.165, 1.54) is 12.3 Å². The number of hydrogen-bond acceptors (Lipinski definition) is 3. The van der Waals surface area contributed by atoms with Crippen molar-refractivity contribution in [2.75, 3.05) is 13.2 Å². The third-order valence-corrected chi connectivity index (χ3v) is 4.57. The summed E-state index contributed by atoms with van der Waals surface area (Å²) >= 11 is 11.6. The smallest absolute Gasteiger partial charge is 0.252 e. The Kier molecular flexibility index (Phi) is 5.64. The molecule has 1 aromatic rings. The number of hydrogen-bond donors (Lipinski definition) is 2. The van der Waals surface area contributed by atoms with Crippen LogP contribution in [0.15, 0.2) is 12.3 Å². The molecule has 1 saturated carbocycles. The van der Waals surface area contributed by atoms with Gasteiger partial charge in [-0.2, -0.15) is 0 Å². The minimum absolute atomic E-state index is 0.189. The summed E-state index contributed by atoms with van der Waals surface area (Å²) in [6.07, 6.45) is 5.81. The van der Waals surface area contributed by atoms with Crippen LogP contribution in [0.3, 0.4) is 0 Å². The molecule has 0 radical (unpaired) electrons. The van der Waals surface area contributed by atoms with Crippen molar-refractivity contribution in [1.29, 1.82) is 0 Å². The summed E-state index contributed by atoms with van der Waals surface area (Å²) in [6.45, 7) is 0.763. The molecule has 0 aromatic carbocycles. The molecular weight excluding hydrogens is 299 g/mol. The summed E-state index contributed by atoms with van der Waals surface area (Å²) in [7, 11) is 0. The highest BCUT2D eigenvalue weighted by Crippen LogP contribution is 2.29. The molecule has 0 saturated heterocycles. The largest absolute Gasteiger partial charge is 0.396 e. The summed E-state index contributed by atoms with van der Waals surface area (Å²) in [5.41, 5.74) is 0.399. The van der Waals surface area contributed by atoms with Crippen LogP contribution in [0.1, 0.15) is 36.0 Å². The van der Waals surface area contributed by atoms with Gasteiger partial charge in [0.2, 0.25) is 0 Å². The Hall–Kier alpha value is -0.840. The number of aromatic nitrogens is 1. The summed E-state index contributed by atoms with van der Waals surface area (Å²) in [5, 5.41) is 12.7. The highest BCUT2D eigenvalue weighted by atomic mass is 35.5. The number of nitrogens with one attached hydrogen (secondary N) is 1. The van der Waals surface area contributed by atoms with E-state index in [2.05, 4.69) is 10.3 Å². The third kappa shape index (κ3) is 3.84. The van der Waals surface area contributed by atoms with Crippen LogP contribution in [0.4, 0.5) is 0 Å². The fourth-order valence-corrected chi connectivity index (χ4v) is 2.93. The predicted octanol–water partition coefficient (Wildman–Crippen LogP) is 2.92. The highest BCUT2D eigenvalue weighted by Gasteiger charge is 2.24. The zero-order valence-electron chi connectivity index (χ0n) is 11.1. The Morgan fingerprint density at radius 2 is 2.05 bits per heavy atom. The first-order chi connectivity index (χ1) is 9.61. The van der Waals surface area contributed by atoms with E-state index in [4.69, 9.17) is 23.2 Å². The molecule has 2 unspecified atom stereocenters. The van der Waals surface area contributed by atoms with Crippen LogP contribution in [-0.2, 0) is 0 Å². The van der Waals surface area contributed by atoms with E-state index in [1.54, 1.807) is 0 Å². The fourth-order valence-electron chi connectivity index (χ4n) is 2.66. The van der Waals surface area contributed by atoms with E-state index in [1.807, 2.05) is 0 Å². The molecule has 1 aliphatic carbocycles. The van der Waals surface area contributed by atoms with Gasteiger partial charge in [0, 0.05) is 19.3 Å². The quantitative estimate of drug-likeness (QED) is 0.839. The standard InChI is InChI=1S/C14H18Cl2N2O2/c15-12-5-11(7-17-13(12)16)14(20)18-6-9-3-1-2-4-10(9)8-19/h5,7,9-10,19H,1-4,6,8H2,(H,18,20). The van der Waals surface area contributed by atoms with Crippen LogP contribution in [0.25, 0.3) is 0 Å². The molecule has 1 amide bonds. The van der Waals surface area contributed by atoms with Crippen molar-refractivity contribution < 1.29 is 9.90 Å². The molecule has 0 spiro atoms. The van der Waals surface area contributed by atoms with Crippen molar-refractivity contribution in [2.45, 2.75) is 25.7 Å². The maximum absolute atomic E-state index is 12.0. The van der Waals surface area contributed by atoms with E-state index in [0.29, 0.717) is 18.0 Å². The van der Waals surface area contributed by atoms with Gasteiger partial charge < -0.3 is 10.4 Å². The van der Waals surface area contributed by atoms with Crippen LogP contribution < -0.4 is 5.32 Å². The average molecular weight is 317 g/mol. The lowest BCUT2D eigenvalue weighted by Gasteiger charge is -2.30. The van der Waals surface area contributed by atoms with Gasteiger partial charge in [-0.3, -0.25) is 4.79 Å². The Morgan fingerprint density at radius 1 is 1.35 bits per heavy atom. The number of carbonyl (C=O) groups is 1. The lowest BCUT2D eigenvalue weighted by atomic mass is 9.79. The van der Waals surface area contributed by atoms with Gasteiger partial charge in [-0.25, -0.2) is 4.98 Å². The molecular formula is C14H18Cl2N2O2. The minimum atomic E-state index is -0.210. The van der Waals surface area contributed by atoms with Gasteiger partial charge in [0.05, 0.1) is 10.6 Å². The van der Waals surface area contributed by atoms with Gasteiger partial charge in [0.1, 0.15) is 5.15 Å². The molecule has 0 bridgehead atoms. The third-order valence-electron chi connectivity index (χ3n) is 3.88. The van der Waals surface area contributed by atoms with Crippen LogP contribution in [0.5, 0.6) is 0 Å². The van der Waals surface area contributed by atoms with E-state index in [9.17, 15) is 9.90 Å². The molecule has 20 heavy (non-hydrogen) atoms. The summed E-state index contributed by atoms with van der Waals surface area (Å²) in [6, 6.07) is 1.51. The molecule has 2 rings (SSSR count). The first-order valence-corrected chi connectivity index (χ1v) is 7.57. The van der Waals surface area contributed by atoms with Gasteiger partial charge in [-0.1, -0.05) is 36.0 Å². The zero-order chi connectivity index (χ0) is 14.5. The average Bonchev–Trinajstić information content (AvgIpc) is 2.47. The maximum atomic E-state index is 12.0. The number of carbonyl (C=O) groups excluding carboxylic acids is 1. The van der Waals surface area contributed by atoms with E-state index in [0.717, 1.165) is 25.7 Å². The molecule has 2 atom stereocenters. The molecule has 1 fully saturated rings. The van der Waals surface area contributed by atoms with Crippen LogP contribution in [-0.4, -0.2) is 29.1 Å². The number of nitrogens with zero attached hydrogens (tertiary/aromatic N) is 1. The minimum Gasteiger partial charge on any atom is -0.396 e. The molecule has 110 valence electrons. The van der Waals surface area contributed by atoms with Gasteiger partial charge in [0.15, 0.2) is 0 Å². The molecule has 1 heterocycles. The number of amides is 1. The van der Waals surface area contributed by atoms with Crippen molar-refractivity contribution in [1.82, 2.24) is 10.3 Å². The number of halogens is 2. The summed E-state index contributed by atoms with van der Waals surface area (Å²) in [4.78, 5) is 15.9. The highest BCUT2D eigenvalue weighted by molar-refractivity contribution is 6.41. The number of rotatable bonds is 4. The van der Waals surface area contributed by atoms with E-state index < -0.39 is 0 Å². The summed E-state index contributed by atoms with van der Waals surface area (Å²) in [5.74, 6) is 0.419.